The van der Waals surface area contributed by atoms with Crippen LogP contribution in [0.2, 0.25) is 0 Å². The summed E-state index contributed by atoms with van der Waals surface area (Å²) in [6.45, 7) is 0.135. The normalized spacial score (nSPS) is 22.9. The summed E-state index contributed by atoms with van der Waals surface area (Å²) in [5, 5.41) is 9.59. The van der Waals surface area contributed by atoms with Crippen LogP contribution in [-0.2, 0) is 20.8 Å². The van der Waals surface area contributed by atoms with Gasteiger partial charge in [0, 0.05) is 0 Å². The number of carbonyl (C=O) groups excluding carboxylic acids is 1. The van der Waals surface area contributed by atoms with Crippen LogP contribution in [0.3, 0.4) is 0 Å². The Hall–Kier alpha value is -2.47. The molecule has 3 aromatic rings. The molecule has 1 aliphatic rings. The molecule has 31 heavy (non-hydrogen) atoms. The van der Waals surface area contributed by atoms with Gasteiger partial charge in [-0.3, -0.25) is 0 Å². The Morgan fingerprint density at radius 3 is 2.13 bits per heavy atom. The third kappa shape index (κ3) is 5.61. The van der Waals surface area contributed by atoms with Crippen molar-refractivity contribution in [1.29, 1.82) is 0 Å². The number of carbonyl (C=O) groups is 1. The van der Waals surface area contributed by atoms with Crippen molar-refractivity contribution in [3.8, 4) is 0 Å². The van der Waals surface area contributed by atoms with Crippen LogP contribution < -0.4 is 4.46 Å². The third-order valence-corrected chi connectivity index (χ3v) is 7.41. The summed E-state index contributed by atoms with van der Waals surface area (Å²) in [7, 11) is 0. The topological polar surface area (TPSA) is 65.0 Å². The van der Waals surface area contributed by atoms with Gasteiger partial charge in [-0.2, -0.15) is 0 Å². The second kappa shape index (κ2) is 10.7. The molecule has 0 saturated carbocycles. The van der Waals surface area contributed by atoms with E-state index in [-0.39, 0.29) is 26.6 Å². The molecule has 1 N–H and O–H groups in total. The van der Waals surface area contributed by atoms with Gasteiger partial charge in [0.25, 0.3) is 0 Å². The molecular weight excluding hydrogens is 459 g/mol. The summed E-state index contributed by atoms with van der Waals surface area (Å²) >= 11 is -0.124. The van der Waals surface area contributed by atoms with Gasteiger partial charge in [0.05, 0.1) is 0 Å². The molecule has 4 atom stereocenters. The summed E-state index contributed by atoms with van der Waals surface area (Å²) < 4.78 is 19.4. The Labute approximate surface area is 188 Å². The van der Waals surface area contributed by atoms with Crippen molar-refractivity contribution in [2.45, 2.75) is 29.9 Å². The quantitative estimate of drug-likeness (QED) is 0.394. The fraction of sp³-hybridized carbons (Fsp3) is 0.240. The Morgan fingerprint density at radius 1 is 0.871 bits per heavy atom. The molecule has 160 valence electrons. The minimum absolute atomic E-state index is 0.124. The number of aliphatic hydroxyl groups is 1. The van der Waals surface area contributed by atoms with Crippen molar-refractivity contribution < 1.29 is 24.1 Å². The van der Waals surface area contributed by atoms with E-state index in [0.717, 1.165) is 10.0 Å². The van der Waals surface area contributed by atoms with Crippen LogP contribution in [0.1, 0.15) is 15.9 Å². The van der Waals surface area contributed by atoms with Crippen molar-refractivity contribution in [1.82, 2.24) is 0 Å². The Morgan fingerprint density at radius 2 is 1.48 bits per heavy atom. The average molecular weight is 483 g/mol. The number of esters is 1. The molecule has 0 amide bonds. The molecule has 1 heterocycles. The number of benzene rings is 3. The van der Waals surface area contributed by atoms with E-state index in [1.54, 1.807) is 24.3 Å². The van der Waals surface area contributed by atoms with Gasteiger partial charge in [-0.05, 0) is 0 Å². The van der Waals surface area contributed by atoms with Crippen LogP contribution >= 0.6 is 0 Å². The van der Waals surface area contributed by atoms with Crippen molar-refractivity contribution in [2.24, 2.45) is 0 Å². The van der Waals surface area contributed by atoms with E-state index in [2.05, 4.69) is 0 Å². The fourth-order valence-electron chi connectivity index (χ4n) is 3.43. The summed E-state index contributed by atoms with van der Waals surface area (Å²) in [6, 6.07) is 28.7. The van der Waals surface area contributed by atoms with E-state index in [0.29, 0.717) is 12.2 Å². The van der Waals surface area contributed by atoms with Crippen molar-refractivity contribution in [2.75, 3.05) is 6.61 Å². The molecule has 3 aromatic carbocycles. The zero-order valence-electron chi connectivity index (χ0n) is 16.9. The Balaban J connectivity index is 1.55. The van der Waals surface area contributed by atoms with Gasteiger partial charge >= 0.3 is 188 Å². The van der Waals surface area contributed by atoms with Crippen molar-refractivity contribution in [3.05, 3.63) is 102 Å². The molecule has 1 saturated heterocycles. The summed E-state index contributed by atoms with van der Waals surface area (Å²) in [5.41, 5.74) is 1.48. The molecule has 5 nitrogen and oxygen atoms in total. The van der Waals surface area contributed by atoms with Gasteiger partial charge < -0.3 is 0 Å². The van der Waals surface area contributed by atoms with Gasteiger partial charge in [0.1, 0.15) is 0 Å². The van der Waals surface area contributed by atoms with E-state index in [9.17, 15) is 9.90 Å². The predicted molar refractivity (Wildman–Crippen MR) is 118 cm³/mol. The minimum atomic E-state index is -0.617. The maximum atomic E-state index is 12.8. The van der Waals surface area contributed by atoms with Crippen molar-refractivity contribution >= 4 is 25.4 Å². The van der Waals surface area contributed by atoms with E-state index in [4.69, 9.17) is 14.2 Å². The van der Waals surface area contributed by atoms with Crippen LogP contribution in [0.25, 0.3) is 0 Å². The average Bonchev–Trinajstić information content (AvgIpc) is 3.15. The van der Waals surface area contributed by atoms with Gasteiger partial charge in [-0.15, -0.1) is 0 Å². The molecule has 6 heteroatoms. The van der Waals surface area contributed by atoms with Gasteiger partial charge in [-0.1, -0.05) is 0 Å². The fourth-order valence-corrected chi connectivity index (χ4v) is 5.79. The molecule has 1 aliphatic heterocycles. The van der Waals surface area contributed by atoms with Crippen LogP contribution in [0.5, 0.6) is 0 Å². The van der Waals surface area contributed by atoms with Crippen molar-refractivity contribution in [3.63, 3.8) is 0 Å². The van der Waals surface area contributed by atoms with Crippen LogP contribution in [0, 0.1) is 0 Å². The Bertz CT molecular complexity index is 951. The molecule has 0 spiro atoms. The van der Waals surface area contributed by atoms with Crippen LogP contribution in [-0.4, -0.2) is 56.0 Å². The van der Waals surface area contributed by atoms with E-state index < -0.39 is 24.3 Å². The van der Waals surface area contributed by atoms with E-state index in [1.807, 2.05) is 66.7 Å². The molecule has 0 bridgehead atoms. The molecule has 0 aromatic heterocycles. The predicted octanol–water partition coefficient (Wildman–Crippen LogP) is 2.54. The Kier molecular flexibility index (Phi) is 7.52. The summed E-state index contributed by atoms with van der Waals surface area (Å²) in [4.78, 5) is 12.8. The van der Waals surface area contributed by atoms with Gasteiger partial charge in [-0.25, -0.2) is 0 Å². The molecule has 0 unspecified atom stereocenters. The molecular formula is C25H24O5Se. The maximum absolute atomic E-state index is 12.8. The third-order valence-electron chi connectivity index (χ3n) is 4.98. The zero-order valence-corrected chi connectivity index (χ0v) is 18.6. The standard InChI is InChI=1S/C25H24O5Se/c26-16-21-22(28-17-18-10-4-1-5-11-18)23(30-24(27)19-12-6-2-7-13-19)25(29-21)31-20-14-8-3-9-15-20/h1-15,21-23,25-26H,16-17H2/t21-,22-,23+,25-/m1/s1. The first kappa shape index (κ1) is 21.7. The molecule has 0 radical (unpaired) electrons. The van der Waals surface area contributed by atoms with Gasteiger partial charge in [0.2, 0.25) is 0 Å². The first-order chi connectivity index (χ1) is 15.2. The molecule has 0 aliphatic carbocycles. The van der Waals surface area contributed by atoms with E-state index >= 15 is 0 Å². The van der Waals surface area contributed by atoms with Crippen LogP contribution in [0.4, 0.5) is 0 Å². The van der Waals surface area contributed by atoms with Crippen LogP contribution in [0.15, 0.2) is 91.0 Å². The first-order valence-corrected chi connectivity index (χ1v) is 12.0. The summed E-state index contributed by atoms with van der Waals surface area (Å²) in [6.07, 6.45) is -1.74. The summed E-state index contributed by atoms with van der Waals surface area (Å²) in [5.74, 6) is -0.421. The number of ether oxygens (including phenoxy) is 3. The monoisotopic (exact) mass is 484 g/mol. The molecule has 1 fully saturated rings. The number of hydrogen-bond donors (Lipinski definition) is 1. The zero-order chi connectivity index (χ0) is 21.5. The first-order valence-electron chi connectivity index (χ1n) is 10.1. The number of aliphatic hydroxyl groups excluding tert-OH is 1. The number of hydrogen-bond acceptors (Lipinski definition) is 5. The number of rotatable bonds is 8. The second-order valence-electron chi connectivity index (χ2n) is 7.15. The van der Waals surface area contributed by atoms with Gasteiger partial charge in [0.15, 0.2) is 0 Å². The SMILES string of the molecule is O=C(O[C@H]1[C@H](OCc2ccccc2)[C@@H](CO)O[C@@H]1[Se]c1ccccc1)c1ccccc1. The second-order valence-corrected chi connectivity index (χ2v) is 9.61. The molecule has 4 rings (SSSR count). The van der Waals surface area contributed by atoms with E-state index in [1.165, 1.54) is 0 Å².